The van der Waals surface area contributed by atoms with E-state index in [2.05, 4.69) is 17.3 Å². The molecule has 0 saturated carbocycles. The van der Waals surface area contributed by atoms with Crippen molar-refractivity contribution in [1.29, 1.82) is 0 Å². The smallest absolute Gasteiger partial charge is 0.256 e. The highest BCUT2D eigenvalue weighted by Gasteiger charge is 2.10. The Kier molecular flexibility index (Phi) is 3.76. The number of ether oxygens (including phenoxy) is 1. The third-order valence-corrected chi connectivity index (χ3v) is 1.96. The van der Waals surface area contributed by atoms with Gasteiger partial charge in [-0.3, -0.25) is 4.68 Å². The molecule has 1 aromatic heterocycles. The first-order chi connectivity index (χ1) is 6.69. The van der Waals surface area contributed by atoms with Gasteiger partial charge in [-0.05, 0) is 20.9 Å². The lowest BCUT2D eigenvalue weighted by Crippen LogP contribution is -2.20. The molecule has 0 radical (unpaired) electrons. The van der Waals surface area contributed by atoms with Crippen LogP contribution in [0.3, 0.4) is 0 Å². The van der Waals surface area contributed by atoms with Crippen molar-refractivity contribution in [2.24, 2.45) is 0 Å². The zero-order chi connectivity index (χ0) is 10.6. The molecule has 0 aliphatic heterocycles. The van der Waals surface area contributed by atoms with Crippen LogP contribution in [0.25, 0.3) is 0 Å². The molecule has 5 nitrogen and oxygen atoms in total. The molecule has 0 saturated heterocycles. The van der Waals surface area contributed by atoms with Crippen molar-refractivity contribution in [2.75, 3.05) is 25.9 Å². The minimum absolute atomic E-state index is 0.275. The Morgan fingerprint density at radius 2 is 2.43 bits per heavy atom. The average Bonchev–Trinajstić information content (AvgIpc) is 2.49. The molecule has 14 heavy (non-hydrogen) atoms. The van der Waals surface area contributed by atoms with Gasteiger partial charge in [0.2, 0.25) is 0 Å². The van der Waals surface area contributed by atoms with E-state index < -0.39 is 0 Å². The molecular weight excluding hydrogens is 180 g/mol. The first-order valence-electron chi connectivity index (χ1n) is 4.81. The Bertz CT molecular complexity index is 284. The molecule has 5 heteroatoms. The first-order valence-corrected chi connectivity index (χ1v) is 4.81. The highest BCUT2D eigenvalue weighted by atomic mass is 16.5. The minimum Gasteiger partial charge on any atom is -0.475 e. The summed E-state index contributed by atoms with van der Waals surface area (Å²) in [6, 6.07) is 0.275. The van der Waals surface area contributed by atoms with Crippen LogP contribution in [0.5, 0.6) is 5.88 Å². The fourth-order valence-electron chi connectivity index (χ4n) is 1.25. The predicted molar refractivity (Wildman–Crippen MR) is 56.4 cm³/mol. The van der Waals surface area contributed by atoms with Gasteiger partial charge in [0.15, 0.2) is 0 Å². The van der Waals surface area contributed by atoms with Crippen LogP contribution in [-0.4, -0.2) is 30.0 Å². The molecule has 0 aliphatic rings. The number of hydrogen-bond donors (Lipinski definition) is 2. The highest BCUT2D eigenvalue weighted by Crippen LogP contribution is 2.20. The Morgan fingerprint density at radius 1 is 1.71 bits per heavy atom. The second-order valence-electron chi connectivity index (χ2n) is 3.21. The number of anilines is 1. The fraction of sp³-hybridized carbons (Fsp3) is 0.667. The Balaban J connectivity index is 2.74. The largest absolute Gasteiger partial charge is 0.475 e. The lowest BCUT2D eigenvalue weighted by Gasteiger charge is -2.10. The van der Waals surface area contributed by atoms with Gasteiger partial charge in [-0.2, -0.15) is 0 Å². The van der Waals surface area contributed by atoms with Gasteiger partial charge in [-0.25, -0.2) is 0 Å². The molecule has 1 rings (SSSR count). The van der Waals surface area contributed by atoms with Gasteiger partial charge in [-0.1, -0.05) is 0 Å². The molecule has 0 aromatic carbocycles. The van der Waals surface area contributed by atoms with Crippen molar-refractivity contribution in [3.63, 3.8) is 0 Å². The molecule has 0 amide bonds. The number of likely N-dealkylation sites (N-methyl/N-ethyl adjacent to an activating group) is 1. The maximum Gasteiger partial charge on any atom is 0.256 e. The van der Waals surface area contributed by atoms with Gasteiger partial charge in [0.05, 0.1) is 18.8 Å². The molecule has 1 aromatic rings. The van der Waals surface area contributed by atoms with Gasteiger partial charge in [0.1, 0.15) is 5.69 Å². The minimum atomic E-state index is 0.275. The molecular formula is C9H18N4O. The quantitative estimate of drug-likeness (QED) is 0.729. The van der Waals surface area contributed by atoms with Crippen LogP contribution in [0.4, 0.5) is 5.69 Å². The van der Waals surface area contributed by atoms with Crippen molar-refractivity contribution < 1.29 is 4.74 Å². The summed E-state index contributed by atoms with van der Waals surface area (Å²) < 4.78 is 7.08. The zero-order valence-electron chi connectivity index (χ0n) is 8.95. The number of hydrogen-bond acceptors (Lipinski definition) is 4. The number of rotatable bonds is 5. The van der Waals surface area contributed by atoms with Crippen molar-refractivity contribution >= 4 is 5.69 Å². The maximum absolute atomic E-state index is 5.73. The molecule has 1 heterocycles. The topological polar surface area (TPSA) is 65.1 Å². The fourth-order valence-corrected chi connectivity index (χ4v) is 1.25. The van der Waals surface area contributed by atoms with Crippen LogP contribution < -0.4 is 15.8 Å². The number of nitrogens with one attached hydrogen (secondary N) is 1. The molecule has 3 N–H and O–H groups in total. The van der Waals surface area contributed by atoms with E-state index in [0.29, 0.717) is 18.2 Å². The van der Waals surface area contributed by atoms with Crippen LogP contribution in [0.1, 0.15) is 19.9 Å². The van der Waals surface area contributed by atoms with E-state index in [-0.39, 0.29) is 6.04 Å². The average molecular weight is 198 g/mol. The normalized spacial score (nSPS) is 12.8. The monoisotopic (exact) mass is 198 g/mol. The predicted octanol–water partition coefficient (Wildman–Crippen LogP) is 0.644. The van der Waals surface area contributed by atoms with Gasteiger partial charge >= 0.3 is 0 Å². The molecule has 1 atom stereocenters. The van der Waals surface area contributed by atoms with Crippen LogP contribution in [0.2, 0.25) is 0 Å². The molecule has 0 bridgehead atoms. The van der Waals surface area contributed by atoms with Gasteiger partial charge in [-0.15, -0.1) is 5.10 Å². The maximum atomic E-state index is 5.73. The van der Waals surface area contributed by atoms with Gasteiger partial charge in [0.25, 0.3) is 5.88 Å². The van der Waals surface area contributed by atoms with Crippen molar-refractivity contribution in [3.8, 4) is 5.88 Å². The third-order valence-electron chi connectivity index (χ3n) is 1.96. The van der Waals surface area contributed by atoms with E-state index in [1.165, 1.54) is 0 Å². The van der Waals surface area contributed by atoms with Crippen molar-refractivity contribution in [2.45, 2.75) is 19.9 Å². The third kappa shape index (κ3) is 2.38. The zero-order valence-corrected chi connectivity index (χ0v) is 8.95. The molecule has 0 aliphatic carbocycles. The molecule has 0 fully saturated rings. The van der Waals surface area contributed by atoms with E-state index in [4.69, 9.17) is 10.5 Å². The molecule has 80 valence electrons. The van der Waals surface area contributed by atoms with E-state index in [9.17, 15) is 0 Å². The standard InChI is InChI=1S/C9H18N4O/c1-4-14-9-8(10)6-13(12-9)7(2)5-11-3/h6-7,11H,4-5,10H2,1-3H3. The van der Waals surface area contributed by atoms with E-state index in [1.54, 1.807) is 6.20 Å². The van der Waals surface area contributed by atoms with Crippen molar-refractivity contribution in [3.05, 3.63) is 6.20 Å². The van der Waals surface area contributed by atoms with Gasteiger partial charge < -0.3 is 15.8 Å². The van der Waals surface area contributed by atoms with Crippen molar-refractivity contribution in [1.82, 2.24) is 15.1 Å². The summed E-state index contributed by atoms with van der Waals surface area (Å²) in [5, 5.41) is 7.33. The summed E-state index contributed by atoms with van der Waals surface area (Å²) in [7, 11) is 1.91. The molecule has 1 unspecified atom stereocenters. The molecule has 0 spiro atoms. The SMILES string of the molecule is CCOc1nn(C(C)CNC)cc1N. The Labute approximate surface area is 84.2 Å². The lowest BCUT2D eigenvalue weighted by atomic mass is 10.3. The van der Waals surface area contributed by atoms with Crippen LogP contribution in [-0.2, 0) is 0 Å². The number of aromatic nitrogens is 2. The summed E-state index contributed by atoms with van der Waals surface area (Å²) in [4.78, 5) is 0. The number of nitrogens with two attached hydrogens (primary N) is 1. The second-order valence-corrected chi connectivity index (χ2v) is 3.21. The highest BCUT2D eigenvalue weighted by molar-refractivity contribution is 5.45. The van der Waals surface area contributed by atoms with Gasteiger partial charge in [0, 0.05) is 6.54 Å². The van der Waals surface area contributed by atoms with E-state index >= 15 is 0 Å². The van der Waals surface area contributed by atoms with E-state index in [1.807, 2.05) is 18.7 Å². The van der Waals surface area contributed by atoms with Crippen LogP contribution >= 0.6 is 0 Å². The summed E-state index contributed by atoms with van der Waals surface area (Å²) in [6.07, 6.45) is 1.80. The Morgan fingerprint density at radius 3 is 3.00 bits per heavy atom. The first kappa shape index (κ1) is 10.8. The summed E-state index contributed by atoms with van der Waals surface area (Å²) in [5.74, 6) is 0.524. The lowest BCUT2D eigenvalue weighted by molar-refractivity contribution is 0.318. The Hall–Kier alpha value is -1.23. The summed E-state index contributed by atoms with van der Waals surface area (Å²) in [6.45, 7) is 5.42. The number of nitrogens with zero attached hydrogens (tertiary/aromatic N) is 2. The van der Waals surface area contributed by atoms with Crippen LogP contribution in [0, 0.1) is 0 Å². The summed E-state index contributed by atoms with van der Waals surface area (Å²) >= 11 is 0. The second kappa shape index (κ2) is 4.85. The van der Waals surface area contributed by atoms with E-state index in [0.717, 1.165) is 6.54 Å². The van der Waals surface area contributed by atoms with Crippen LogP contribution in [0.15, 0.2) is 6.20 Å². The summed E-state index contributed by atoms with van der Waals surface area (Å²) in [5.41, 5.74) is 6.33. The number of nitrogen functional groups attached to an aromatic ring is 1.